The van der Waals surface area contributed by atoms with Gasteiger partial charge in [0.1, 0.15) is 0 Å². The van der Waals surface area contributed by atoms with Crippen LogP contribution in [0.25, 0.3) is 0 Å². The van der Waals surface area contributed by atoms with E-state index < -0.39 is 0 Å². The summed E-state index contributed by atoms with van der Waals surface area (Å²) in [6.07, 6.45) is 9.97. The van der Waals surface area contributed by atoms with Crippen LogP contribution in [0.1, 0.15) is 95.4 Å². The second-order valence-electron chi connectivity index (χ2n) is 11.7. The molecule has 194 valence electrons. The highest BCUT2D eigenvalue weighted by molar-refractivity contribution is 5.79. The van der Waals surface area contributed by atoms with Gasteiger partial charge in [0.25, 0.3) is 0 Å². The summed E-state index contributed by atoms with van der Waals surface area (Å²) in [7, 11) is 0. The van der Waals surface area contributed by atoms with Crippen LogP contribution in [-0.4, -0.2) is 88.6 Å². The predicted octanol–water partition coefficient (Wildman–Crippen LogP) is 2.70. The van der Waals surface area contributed by atoms with E-state index in [1.807, 2.05) is 13.8 Å². The molecule has 1 unspecified atom stereocenters. The Balaban J connectivity index is 1.22. The van der Waals surface area contributed by atoms with Crippen molar-refractivity contribution in [1.29, 1.82) is 0 Å². The fourth-order valence-electron chi connectivity index (χ4n) is 6.03. The summed E-state index contributed by atoms with van der Waals surface area (Å²) >= 11 is 0. The standard InChI is InChI=1S/C26H42N6O3/c1-19(2)24-28-29-25(35-24)21-15-26(18-32(21)16-22(33)27-20-7-8-20)9-13-31(14-10-26)23(34)17-30-11-5-3-4-6-12-30/h19-21H,3-18H2,1-2H3,(H,27,33). The monoisotopic (exact) mass is 486 g/mol. The van der Waals surface area contributed by atoms with E-state index in [9.17, 15) is 9.59 Å². The number of nitrogens with zero attached hydrogens (tertiary/aromatic N) is 5. The molecule has 1 aromatic rings. The molecule has 0 aromatic carbocycles. The van der Waals surface area contributed by atoms with Gasteiger partial charge >= 0.3 is 0 Å². The molecule has 2 amide bonds. The van der Waals surface area contributed by atoms with Gasteiger partial charge in [-0.05, 0) is 63.5 Å². The van der Waals surface area contributed by atoms with Crippen molar-refractivity contribution < 1.29 is 14.0 Å². The molecule has 3 saturated heterocycles. The van der Waals surface area contributed by atoms with E-state index in [1.165, 1.54) is 25.7 Å². The number of likely N-dealkylation sites (tertiary alicyclic amines) is 3. The molecular formula is C26H42N6O3. The Morgan fingerprint density at radius 1 is 1.03 bits per heavy atom. The van der Waals surface area contributed by atoms with Gasteiger partial charge in [0.2, 0.25) is 23.6 Å². The summed E-state index contributed by atoms with van der Waals surface area (Å²) in [4.78, 5) is 32.4. The fraction of sp³-hybridized carbons (Fsp3) is 0.846. The Bertz CT molecular complexity index is 881. The molecule has 1 aliphatic carbocycles. The maximum Gasteiger partial charge on any atom is 0.236 e. The van der Waals surface area contributed by atoms with Gasteiger partial charge in [-0.25, -0.2) is 0 Å². The topological polar surface area (TPSA) is 94.8 Å². The third-order valence-electron chi connectivity index (χ3n) is 8.36. The van der Waals surface area contributed by atoms with Gasteiger partial charge in [0.15, 0.2) is 0 Å². The summed E-state index contributed by atoms with van der Waals surface area (Å²) < 4.78 is 6.06. The van der Waals surface area contributed by atoms with Crippen molar-refractivity contribution in [3.8, 4) is 0 Å². The summed E-state index contributed by atoms with van der Waals surface area (Å²) in [6, 6.07) is 0.311. The van der Waals surface area contributed by atoms with Crippen LogP contribution in [0.2, 0.25) is 0 Å². The molecule has 3 aliphatic heterocycles. The van der Waals surface area contributed by atoms with Crippen LogP contribution < -0.4 is 5.32 Å². The van der Waals surface area contributed by atoms with Crippen molar-refractivity contribution in [3.05, 3.63) is 11.8 Å². The fourth-order valence-corrected chi connectivity index (χ4v) is 6.03. The van der Waals surface area contributed by atoms with Crippen molar-refractivity contribution in [2.24, 2.45) is 5.41 Å². The minimum atomic E-state index is -0.0423. The summed E-state index contributed by atoms with van der Waals surface area (Å²) in [5.41, 5.74) is 0.0797. The summed E-state index contributed by atoms with van der Waals surface area (Å²) in [5, 5.41) is 11.8. The van der Waals surface area contributed by atoms with Crippen molar-refractivity contribution in [2.45, 2.75) is 89.6 Å². The molecule has 9 nitrogen and oxygen atoms in total. The van der Waals surface area contributed by atoms with E-state index >= 15 is 0 Å². The summed E-state index contributed by atoms with van der Waals surface area (Å²) in [6.45, 7) is 9.54. The minimum absolute atomic E-state index is 0.0423. The molecule has 4 aliphatic rings. The van der Waals surface area contributed by atoms with Crippen LogP contribution in [0, 0.1) is 5.41 Å². The number of hydrogen-bond acceptors (Lipinski definition) is 7. The number of aromatic nitrogens is 2. The van der Waals surface area contributed by atoms with Crippen LogP contribution >= 0.6 is 0 Å². The Morgan fingerprint density at radius 2 is 1.74 bits per heavy atom. The van der Waals surface area contributed by atoms with Crippen molar-refractivity contribution in [1.82, 2.24) is 30.2 Å². The lowest BCUT2D eigenvalue weighted by molar-refractivity contribution is -0.134. The smallest absolute Gasteiger partial charge is 0.236 e. The lowest BCUT2D eigenvalue weighted by atomic mass is 9.76. The Kier molecular flexibility index (Phi) is 7.44. The molecule has 1 saturated carbocycles. The average molecular weight is 487 g/mol. The van der Waals surface area contributed by atoms with Gasteiger partial charge in [0.05, 0.1) is 19.1 Å². The van der Waals surface area contributed by atoms with Gasteiger partial charge in [-0.1, -0.05) is 26.7 Å². The quantitative estimate of drug-likeness (QED) is 0.633. The number of nitrogens with one attached hydrogen (secondary N) is 1. The Morgan fingerprint density at radius 3 is 2.37 bits per heavy atom. The number of hydrogen-bond donors (Lipinski definition) is 1. The largest absolute Gasteiger partial charge is 0.423 e. The van der Waals surface area contributed by atoms with Crippen LogP contribution in [0.4, 0.5) is 0 Å². The van der Waals surface area contributed by atoms with Gasteiger partial charge < -0.3 is 14.6 Å². The van der Waals surface area contributed by atoms with E-state index in [2.05, 4.69) is 30.2 Å². The number of rotatable bonds is 7. The van der Waals surface area contributed by atoms with E-state index in [0.29, 0.717) is 30.9 Å². The van der Waals surface area contributed by atoms with Gasteiger partial charge in [-0.2, -0.15) is 0 Å². The van der Waals surface area contributed by atoms with E-state index in [0.717, 1.165) is 64.8 Å². The average Bonchev–Trinajstić information content (AvgIpc) is 3.47. The van der Waals surface area contributed by atoms with Gasteiger partial charge in [-0.15, -0.1) is 10.2 Å². The molecule has 1 spiro atoms. The molecule has 1 N–H and O–H groups in total. The second-order valence-corrected chi connectivity index (χ2v) is 11.7. The lowest BCUT2D eigenvalue weighted by Crippen LogP contribution is -2.48. The molecule has 9 heteroatoms. The number of carbonyl (C=O) groups is 2. The van der Waals surface area contributed by atoms with E-state index in [4.69, 9.17) is 4.42 Å². The zero-order valence-electron chi connectivity index (χ0n) is 21.5. The molecule has 4 heterocycles. The highest BCUT2D eigenvalue weighted by atomic mass is 16.4. The Labute approximate surface area is 209 Å². The molecule has 4 fully saturated rings. The third-order valence-corrected chi connectivity index (χ3v) is 8.36. The first-order chi connectivity index (χ1) is 16.9. The molecule has 35 heavy (non-hydrogen) atoms. The Hall–Kier alpha value is -2.00. The van der Waals surface area contributed by atoms with Crippen LogP contribution in [-0.2, 0) is 9.59 Å². The second kappa shape index (κ2) is 10.5. The zero-order chi connectivity index (χ0) is 24.4. The molecule has 0 radical (unpaired) electrons. The maximum absolute atomic E-state index is 13.0. The first-order valence-electron chi connectivity index (χ1n) is 13.8. The number of piperidine rings is 1. The van der Waals surface area contributed by atoms with Gasteiger partial charge in [-0.3, -0.25) is 19.4 Å². The number of carbonyl (C=O) groups excluding carboxylic acids is 2. The van der Waals surface area contributed by atoms with Crippen molar-refractivity contribution in [2.75, 3.05) is 45.8 Å². The maximum atomic E-state index is 13.0. The zero-order valence-corrected chi connectivity index (χ0v) is 21.5. The van der Waals surface area contributed by atoms with Gasteiger partial charge in [0, 0.05) is 31.6 Å². The van der Waals surface area contributed by atoms with E-state index in [1.54, 1.807) is 0 Å². The normalized spacial score (nSPS) is 25.8. The van der Waals surface area contributed by atoms with Crippen molar-refractivity contribution >= 4 is 11.8 Å². The minimum Gasteiger partial charge on any atom is -0.423 e. The predicted molar refractivity (Wildman–Crippen MR) is 132 cm³/mol. The van der Waals surface area contributed by atoms with Crippen LogP contribution in [0.3, 0.4) is 0 Å². The molecule has 1 atom stereocenters. The first kappa shape index (κ1) is 24.7. The van der Waals surface area contributed by atoms with Crippen molar-refractivity contribution in [3.63, 3.8) is 0 Å². The summed E-state index contributed by atoms with van der Waals surface area (Å²) in [5.74, 6) is 1.82. The molecule has 5 rings (SSSR count). The lowest BCUT2D eigenvalue weighted by Gasteiger charge is -2.40. The first-order valence-corrected chi connectivity index (χ1v) is 13.8. The molecular weight excluding hydrogens is 444 g/mol. The van der Waals surface area contributed by atoms with E-state index in [-0.39, 0.29) is 29.2 Å². The number of amides is 2. The van der Waals surface area contributed by atoms with Crippen LogP contribution in [0.5, 0.6) is 0 Å². The van der Waals surface area contributed by atoms with Crippen LogP contribution in [0.15, 0.2) is 4.42 Å². The molecule has 1 aromatic heterocycles. The highest BCUT2D eigenvalue weighted by Gasteiger charge is 2.48. The molecule has 0 bridgehead atoms. The SMILES string of the molecule is CC(C)c1nnc(C2CC3(CCN(C(=O)CN4CCCCCC4)CC3)CN2CC(=O)NC2CC2)o1. The highest BCUT2D eigenvalue weighted by Crippen LogP contribution is 2.48. The third kappa shape index (κ3) is 6.05.